The van der Waals surface area contributed by atoms with Crippen molar-refractivity contribution in [1.29, 1.82) is 0 Å². The normalized spacial score (nSPS) is 14.9. The molecule has 1 aliphatic rings. The first-order valence-electron chi connectivity index (χ1n) is 12.9. The number of hydrogen-bond donors (Lipinski definition) is 1. The predicted octanol–water partition coefficient (Wildman–Crippen LogP) is 5.18. The zero-order valence-corrected chi connectivity index (χ0v) is 21.7. The van der Waals surface area contributed by atoms with Crippen molar-refractivity contribution >= 4 is 16.7 Å². The molecule has 0 bridgehead atoms. The topological polar surface area (TPSA) is 60.0 Å². The molecule has 1 aliphatic heterocycles. The maximum Gasteiger partial charge on any atom is 0.251 e. The number of carbonyl (C=O) groups excluding carboxylic acids is 1. The van der Waals surface area contributed by atoms with Crippen molar-refractivity contribution in [2.45, 2.75) is 52.0 Å². The molecule has 0 radical (unpaired) electrons. The lowest BCUT2D eigenvalue weighted by atomic mass is 10.0. The Kier molecular flexibility index (Phi) is 9.34. The first kappa shape index (κ1) is 26.1. The molecule has 1 heterocycles. The first-order chi connectivity index (χ1) is 17.5. The number of hydrogen-bond acceptors (Lipinski definition) is 5. The third-order valence-corrected chi connectivity index (χ3v) is 6.58. The largest absolute Gasteiger partial charge is 0.497 e. The monoisotopic (exact) mass is 490 g/mol. The van der Waals surface area contributed by atoms with Gasteiger partial charge in [-0.05, 0) is 78.9 Å². The van der Waals surface area contributed by atoms with Gasteiger partial charge in [0.1, 0.15) is 5.75 Å². The number of fused-ring (bicyclic) bond motifs is 1. The van der Waals surface area contributed by atoms with Gasteiger partial charge in [-0.3, -0.25) is 9.69 Å². The summed E-state index contributed by atoms with van der Waals surface area (Å²) in [6.45, 7) is 8.73. The van der Waals surface area contributed by atoms with E-state index in [1.165, 1.54) is 21.9 Å². The minimum atomic E-state index is -0.0332. The third-order valence-electron chi connectivity index (χ3n) is 6.58. The molecule has 1 amide bonds. The molecule has 6 nitrogen and oxygen atoms in total. The molecule has 0 aliphatic carbocycles. The maximum atomic E-state index is 12.6. The molecule has 1 N–H and O–H groups in total. The van der Waals surface area contributed by atoms with Gasteiger partial charge in [0.15, 0.2) is 0 Å². The average Bonchev–Trinajstić information content (AvgIpc) is 2.89. The zero-order chi connectivity index (χ0) is 25.3. The molecule has 1 fully saturated rings. The summed E-state index contributed by atoms with van der Waals surface area (Å²) in [7, 11) is 1.61. The maximum absolute atomic E-state index is 12.6. The van der Waals surface area contributed by atoms with E-state index < -0.39 is 0 Å². The average molecular weight is 491 g/mol. The molecule has 0 atom stereocenters. The van der Waals surface area contributed by atoms with Crippen LogP contribution < -0.4 is 10.1 Å². The SMILES string of the molecule is COc1cccc(C(=O)NC2CCN(Cc3ccc4ccc(COCCOC(C)C)cc4c3)CC2)c1. The number of rotatable bonds is 11. The highest BCUT2D eigenvalue weighted by Crippen LogP contribution is 2.21. The number of nitrogens with one attached hydrogen (secondary N) is 1. The molecule has 0 aromatic heterocycles. The number of methoxy groups -OCH3 is 1. The lowest BCUT2D eigenvalue weighted by Crippen LogP contribution is -2.44. The van der Waals surface area contributed by atoms with Crippen LogP contribution in [0.2, 0.25) is 0 Å². The number of likely N-dealkylation sites (tertiary alicyclic amines) is 1. The van der Waals surface area contributed by atoms with E-state index in [4.69, 9.17) is 14.2 Å². The number of amides is 1. The fourth-order valence-electron chi connectivity index (χ4n) is 4.59. The molecule has 3 aromatic carbocycles. The van der Waals surface area contributed by atoms with E-state index in [1.807, 2.05) is 32.0 Å². The van der Waals surface area contributed by atoms with Crippen molar-refractivity contribution in [3.05, 3.63) is 77.4 Å². The Bertz CT molecular complexity index is 1140. The van der Waals surface area contributed by atoms with Crippen LogP contribution in [-0.2, 0) is 22.6 Å². The van der Waals surface area contributed by atoms with Gasteiger partial charge in [0, 0.05) is 31.2 Å². The van der Waals surface area contributed by atoms with Crippen LogP contribution in [0, 0.1) is 0 Å². The van der Waals surface area contributed by atoms with Gasteiger partial charge in [-0.25, -0.2) is 0 Å². The third kappa shape index (κ3) is 7.53. The second kappa shape index (κ2) is 12.9. The van der Waals surface area contributed by atoms with Gasteiger partial charge in [-0.2, -0.15) is 0 Å². The standard InChI is InChI=1S/C30H38N2O4/c1-22(2)36-16-15-35-21-24-8-10-25-9-7-23(17-27(25)18-24)20-32-13-11-28(12-14-32)31-30(33)26-5-4-6-29(19-26)34-3/h4-10,17-19,22,28H,11-16,20-21H2,1-3H3,(H,31,33). The molecular weight excluding hydrogens is 452 g/mol. The van der Waals surface area contributed by atoms with E-state index in [1.54, 1.807) is 13.2 Å². The van der Waals surface area contributed by atoms with Crippen LogP contribution in [0.25, 0.3) is 10.8 Å². The van der Waals surface area contributed by atoms with Crippen LogP contribution in [-0.4, -0.2) is 56.4 Å². The summed E-state index contributed by atoms with van der Waals surface area (Å²) < 4.78 is 16.6. The van der Waals surface area contributed by atoms with Crippen LogP contribution in [0.1, 0.15) is 48.2 Å². The highest BCUT2D eigenvalue weighted by molar-refractivity contribution is 5.94. The molecule has 192 valence electrons. The summed E-state index contributed by atoms with van der Waals surface area (Å²) in [4.78, 5) is 15.1. The van der Waals surface area contributed by atoms with Gasteiger partial charge in [-0.15, -0.1) is 0 Å². The van der Waals surface area contributed by atoms with E-state index in [2.05, 4.69) is 46.6 Å². The fourth-order valence-corrected chi connectivity index (χ4v) is 4.59. The molecule has 0 unspecified atom stereocenters. The second-order valence-electron chi connectivity index (χ2n) is 9.74. The molecule has 36 heavy (non-hydrogen) atoms. The second-order valence-corrected chi connectivity index (χ2v) is 9.74. The van der Waals surface area contributed by atoms with Crippen molar-refractivity contribution < 1.29 is 19.0 Å². The Balaban J connectivity index is 1.26. The van der Waals surface area contributed by atoms with Crippen LogP contribution in [0.3, 0.4) is 0 Å². The van der Waals surface area contributed by atoms with Gasteiger partial charge in [-0.1, -0.05) is 30.3 Å². The van der Waals surface area contributed by atoms with Crippen molar-refractivity contribution in [1.82, 2.24) is 10.2 Å². The summed E-state index contributed by atoms with van der Waals surface area (Å²) in [5, 5.41) is 5.67. The number of carbonyl (C=O) groups is 1. The molecule has 3 aromatic rings. The lowest BCUT2D eigenvalue weighted by molar-refractivity contribution is 0.0143. The van der Waals surface area contributed by atoms with Gasteiger partial charge < -0.3 is 19.5 Å². The fraction of sp³-hybridized carbons (Fsp3) is 0.433. The van der Waals surface area contributed by atoms with Gasteiger partial charge >= 0.3 is 0 Å². The zero-order valence-electron chi connectivity index (χ0n) is 21.7. The number of benzene rings is 3. The molecular formula is C30H38N2O4. The van der Waals surface area contributed by atoms with E-state index in [0.717, 1.165) is 32.5 Å². The summed E-state index contributed by atoms with van der Waals surface area (Å²) in [5.41, 5.74) is 3.13. The quantitative estimate of drug-likeness (QED) is 0.375. The minimum Gasteiger partial charge on any atom is -0.497 e. The molecule has 0 spiro atoms. The van der Waals surface area contributed by atoms with E-state index in [9.17, 15) is 4.79 Å². The number of ether oxygens (including phenoxy) is 3. The van der Waals surface area contributed by atoms with Crippen LogP contribution in [0.4, 0.5) is 0 Å². The number of nitrogens with zero attached hydrogens (tertiary/aromatic N) is 1. The molecule has 1 saturated heterocycles. The highest BCUT2D eigenvalue weighted by atomic mass is 16.5. The Labute approximate surface area is 214 Å². The summed E-state index contributed by atoms with van der Waals surface area (Å²) >= 11 is 0. The van der Waals surface area contributed by atoms with Gasteiger partial charge in [0.2, 0.25) is 0 Å². The predicted molar refractivity (Wildman–Crippen MR) is 143 cm³/mol. The highest BCUT2D eigenvalue weighted by Gasteiger charge is 2.21. The van der Waals surface area contributed by atoms with E-state index >= 15 is 0 Å². The van der Waals surface area contributed by atoms with Crippen LogP contribution >= 0.6 is 0 Å². The van der Waals surface area contributed by atoms with Crippen LogP contribution in [0.5, 0.6) is 5.75 Å². The lowest BCUT2D eigenvalue weighted by Gasteiger charge is -2.32. The summed E-state index contributed by atoms with van der Waals surface area (Å²) in [5.74, 6) is 0.665. The molecule has 4 rings (SSSR count). The molecule has 0 saturated carbocycles. The summed E-state index contributed by atoms with van der Waals surface area (Å²) in [6, 6.07) is 20.7. The Morgan fingerprint density at radius 3 is 2.47 bits per heavy atom. The van der Waals surface area contributed by atoms with Crippen molar-refractivity contribution in [3.8, 4) is 5.75 Å². The molecule has 6 heteroatoms. The van der Waals surface area contributed by atoms with E-state index in [0.29, 0.717) is 31.1 Å². The Morgan fingerprint density at radius 2 is 1.72 bits per heavy atom. The van der Waals surface area contributed by atoms with Crippen molar-refractivity contribution in [3.63, 3.8) is 0 Å². The Hall–Kier alpha value is -2.93. The van der Waals surface area contributed by atoms with Gasteiger partial charge in [0.25, 0.3) is 5.91 Å². The van der Waals surface area contributed by atoms with Crippen LogP contribution in [0.15, 0.2) is 60.7 Å². The van der Waals surface area contributed by atoms with Gasteiger partial charge in [0.05, 0.1) is 33.0 Å². The van der Waals surface area contributed by atoms with Crippen molar-refractivity contribution in [2.75, 3.05) is 33.4 Å². The number of piperidine rings is 1. The first-order valence-corrected chi connectivity index (χ1v) is 12.9. The van der Waals surface area contributed by atoms with E-state index in [-0.39, 0.29) is 18.1 Å². The smallest absolute Gasteiger partial charge is 0.251 e. The van der Waals surface area contributed by atoms with Crippen molar-refractivity contribution in [2.24, 2.45) is 0 Å². The Morgan fingerprint density at radius 1 is 0.972 bits per heavy atom. The summed E-state index contributed by atoms with van der Waals surface area (Å²) in [6.07, 6.45) is 2.13. The minimum absolute atomic E-state index is 0.0332.